The third-order valence-electron chi connectivity index (χ3n) is 1.62. The molecule has 0 fully saturated rings. The van der Waals surface area contributed by atoms with Crippen LogP contribution in [0.1, 0.15) is 5.56 Å². The summed E-state index contributed by atoms with van der Waals surface area (Å²) in [7, 11) is 0. The van der Waals surface area contributed by atoms with Crippen LogP contribution in [0.4, 0.5) is 16.2 Å². The van der Waals surface area contributed by atoms with E-state index >= 15 is 0 Å². The maximum atomic E-state index is 10.3. The molecule has 1 aromatic carbocycles. The molecule has 5 heteroatoms. The van der Waals surface area contributed by atoms with Gasteiger partial charge in [-0.2, -0.15) is 0 Å². The van der Waals surface area contributed by atoms with Gasteiger partial charge in [0.15, 0.2) is 0 Å². The van der Waals surface area contributed by atoms with Crippen LogP contribution in [0, 0.1) is 0 Å². The highest BCUT2D eigenvalue weighted by Gasteiger charge is 2.01. The number of hydrogen-bond acceptors (Lipinski definition) is 3. The number of carbonyl (C=O) groups is 1. The van der Waals surface area contributed by atoms with Gasteiger partial charge in [-0.05, 0) is 17.7 Å². The molecule has 0 aliphatic carbocycles. The van der Waals surface area contributed by atoms with Crippen molar-refractivity contribution >= 4 is 17.5 Å². The molecule has 0 aliphatic rings. The first-order valence-corrected chi connectivity index (χ1v) is 3.72. The molecular weight excluding hydrogens is 170 g/mol. The summed E-state index contributed by atoms with van der Waals surface area (Å²) >= 11 is 0. The number of carboxylic acid groups (broad SMARTS) is 1. The second-order valence-electron chi connectivity index (χ2n) is 2.55. The zero-order valence-corrected chi connectivity index (χ0v) is 6.95. The minimum absolute atomic E-state index is 0.346. The smallest absolute Gasteiger partial charge is 0.409 e. The SMILES string of the molecule is NCc1ccc(NC(=O)O)cc1N. The zero-order chi connectivity index (χ0) is 9.84. The van der Waals surface area contributed by atoms with Crippen molar-refractivity contribution in [3.05, 3.63) is 23.8 Å². The molecule has 0 saturated carbocycles. The van der Waals surface area contributed by atoms with Gasteiger partial charge >= 0.3 is 6.09 Å². The fourth-order valence-electron chi connectivity index (χ4n) is 0.982. The number of benzene rings is 1. The van der Waals surface area contributed by atoms with Gasteiger partial charge in [0.05, 0.1) is 0 Å². The van der Waals surface area contributed by atoms with E-state index in [0.29, 0.717) is 17.9 Å². The molecule has 0 heterocycles. The van der Waals surface area contributed by atoms with Crippen LogP contribution in [0.15, 0.2) is 18.2 Å². The Morgan fingerprint density at radius 1 is 1.54 bits per heavy atom. The van der Waals surface area contributed by atoms with Crippen LogP contribution in [0.25, 0.3) is 0 Å². The summed E-state index contributed by atoms with van der Waals surface area (Å²) in [6.07, 6.45) is -1.11. The number of rotatable bonds is 2. The predicted octanol–water partition coefficient (Wildman–Crippen LogP) is 0.817. The molecule has 0 bridgehead atoms. The van der Waals surface area contributed by atoms with Crippen LogP contribution in [0.3, 0.4) is 0 Å². The molecule has 13 heavy (non-hydrogen) atoms. The molecule has 0 spiro atoms. The molecule has 0 atom stereocenters. The fraction of sp³-hybridized carbons (Fsp3) is 0.125. The highest BCUT2D eigenvalue weighted by Crippen LogP contribution is 2.17. The lowest BCUT2D eigenvalue weighted by Crippen LogP contribution is -2.08. The van der Waals surface area contributed by atoms with E-state index in [1.807, 2.05) is 0 Å². The molecule has 70 valence electrons. The Kier molecular flexibility index (Phi) is 2.71. The molecule has 1 aromatic rings. The first kappa shape index (κ1) is 9.34. The molecule has 0 unspecified atom stereocenters. The molecule has 0 aliphatic heterocycles. The van der Waals surface area contributed by atoms with Gasteiger partial charge in [-0.3, -0.25) is 5.32 Å². The van der Waals surface area contributed by atoms with E-state index in [2.05, 4.69) is 5.32 Å². The first-order chi connectivity index (χ1) is 6.13. The van der Waals surface area contributed by atoms with Gasteiger partial charge in [0, 0.05) is 17.9 Å². The number of nitrogens with two attached hydrogens (primary N) is 2. The Hall–Kier alpha value is -1.75. The lowest BCUT2D eigenvalue weighted by Gasteiger charge is -2.05. The second-order valence-corrected chi connectivity index (χ2v) is 2.55. The molecule has 0 saturated heterocycles. The molecule has 5 nitrogen and oxygen atoms in total. The monoisotopic (exact) mass is 181 g/mol. The van der Waals surface area contributed by atoms with Crippen molar-refractivity contribution in [2.45, 2.75) is 6.54 Å². The topological polar surface area (TPSA) is 101 Å². The van der Waals surface area contributed by atoms with Crippen LogP contribution < -0.4 is 16.8 Å². The van der Waals surface area contributed by atoms with Crippen molar-refractivity contribution in [3.8, 4) is 0 Å². The Labute approximate surface area is 75.3 Å². The molecule has 0 aromatic heterocycles. The van der Waals surface area contributed by atoms with E-state index in [1.54, 1.807) is 12.1 Å². The van der Waals surface area contributed by atoms with E-state index in [1.165, 1.54) is 6.07 Å². The Morgan fingerprint density at radius 2 is 2.23 bits per heavy atom. The van der Waals surface area contributed by atoms with Crippen LogP contribution >= 0.6 is 0 Å². The van der Waals surface area contributed by atoms with Gasteiger partial charge in [-0.1, -0.05) is 6.07 Å². The van der Waals surface area contributed by atoms with Crippen LogP contribution in [-0.4, -0.2) is 11.2 Å². The summed E-state index contributed by atoms with van der Waals surface area (Å²) in [5.41, 5.74) is 12.7. The minimum Gasteiger partial charge on any atom is -0.465 e. The quantitative estimate of drug-likeness (QED) is 0.507. The molecular formula is C8H11N3O2. The van der Waals surface area contributed by atoms with Gasteiger partial charge < -0.3 is 16.6 Å². The Balaban J connectivity index is 2.89. The van der Waals surface area contributed by atoms with E-state index in [-0.39, 0.29) is 0 Å². The van der Waals surface area contributed by atoms with Crippen molar-refractivity contribution in [2.75, 3.05) is 11.1 Å². The van der Waals surface area contributed by atoms with E-state index < -0.39 is 6.09 Å². The summed E-state index contributed by atoms with van der Waals surface area (Å²) < 4.78 is 0. The van der Waals surface area contributed by atoms with E-state index in [0.717, 1.165) is 5.56 Å². The molecule has 0 radical (unpaired) electrons. The number of nitrogen functional groups attached to an aromatic ring is 1. The Morgan fingerprint density at radius 3 is 2.69 bits per heavy atom. The van der Waals surface area contributed by atoms with Gasteiger partial charge in [-0.15, -0.1) is 0 Å². The number of amides is 1. The summed E-state index contributed by atoms with van der Waals surface area (Å²) in [6, 6.07) is 4.85. The zero-order valence-electron chi connectivity index (χ0n) is 6.95. The van der Waals surface area contributed by atoms with E-state index in [9.17, 15) is 4.79 Å². The normalized spacial score (nSPS) is 9.62. The third-order valence-corrected chi connectivity index (χ3v) is 1.62. The van der Waals surface area contributed by atoms with Crippen molar-refractivity contribution in [2.24, 2.45) is 5.73 Å². The third kappa shape index (κ3) is 2.34. The highest BCUT2D eigenvalue weighted by atomic mass is 16.4. The van der Waals surface area contributed by atoms with Gasteiger partial charge in [0.25, 0.3) is 0 Å². The number of anilines is 2. The molecule has 1 amide bonds. The fourth-order valence-corrected chi connectivity index (χ4v) is 0.982. The highest BCUT2D eigenvalue weighted by molar-refractivity contribution is 5.83. The second kappa shape index (κ2) is 3.77. The summed E-state index contributed by atoms with van der Waals surface area (Å²) in [4.78, 5) is 10.3. The lowest BCUT2D eigenvalue weighted by molar-refractivity contribution is 0.210. The maximum absolute atomic E-state index is 10.3. The molecule has 1 rings (SSSR count). The molecule has 6 N–H and O–H groups in total. The van der Waals surface area contributed by atoms with Crippen molar-refractivity contribution in [1.29, 1.82) is 0 Å². The Bertz CT molecular complexity index is 325. The van der Waals surface area contributed by atoms with Crippen molar-refractivity contribution in [3.63, 3.8) is 0 Å². The van der Waals surface area contributed by atoms with Crippen LogP contribution in [0.5, 0.6) is 0 Å². The maximum Gasteiger partial charge on any atom is 0.409 e. The first-order valence-electron chi connectivity index (χ1n) is 3.72. The van der Waals surface area contributed by atoms with Gasteiger partial charge in [0.1, 0.15) is 0 Å². The minimum atomic E-state index is -1.11. The summed E-state index contributed by atoms with van der Waals surface area (Å²) in [5.74, 6) is 0. The summed E-state index contributed by atoms with van der Waals surface area (Å²) in [5, 5.41) is 10.6. The predicted molar refractivity (Wildman–Crippen MR) is 50.4 cm³/mol. The van der Waals surface area contributed by atoms with Crippen LogP contribution in [-0.2, 0) is 6.54 Å². The van der Waals surface area contributed by atoms with E-state index in [4.69, 9.17) is 16.6 Å². The average molecular weight is 181 g/mol. The number of hydrogen-bond donors (Lipinski definition) is 4. The largest absolute Gasteiger partial charge is 0.465 e. The standard InChI is InChI=1S/C8H11N3O2/c9-4-5-1-2-6(3-7(5)10)11-8(12)13/h1-3,11H,4,9-10H2,(H,12,13). The van der Waals surface area contributed by atoms with Crippen molar-refractivity contribution in [1.82, 2.24) is 0 Å². The lowest BCUT2D eigenvalue weighted by atomic mass is 10.1. The summed E-state index contributed by atoms with van der Waals surface area (Å²) in [6.45, 7) is 0.346. The van der Waals surface area contributed by atoms with Crippen LogP contribution in [0.2, 0.25) is 0 Å². The average Bonchev–Trinajstić information content (AvgIpc) is 2.03. The van der Waals surface area contributed by atoms with Gasteiger partial charge in [-0.25, -0.2) is 4.79 Å². The van der Waals surface area contributed by atoms with Gasteiger partial charge in [0.2, 0.25) is 0 Å². The number of nitrogens with one attached hydrogen (secondary N) is 1. The van der Waals surface area contributed by atoms with Crippen molar-refractivity contribution < 1.29 is 9.90 Å².